The van der Waals surface area contributed by atoms with E-state index in [4.69, 9.17) is 18.0 Å². The van der Waals surface area contributed by atoms with Crippen LogP contribution in [0.3, 0.4) is 0 Å². The van der Waals surface area contributed by atoms with Crippen LogP contribution >= 0.6 is 28.1 Å². The van der Waals surface area contributed by atoms with Crippen LogP contribution in [0.25, 0.3) is 0 Å². The molecule has 1 aromatic carbocycles. The average Bonchev–Trinajstić information content (AvgIpc) is 2.24. The largest absolute Gasteiger partial charge is 0.392 e. The summed E-state index contributed by atoms with van der Waals surface area (Å²) in [5, 5.41) is 0. The summed E-state index contributed by atoms with van der Waals surface area (Å²) in [4.78, 5) is 14.5. The van der Waals surface area contributed by atoms with Crippen molar-refractivity contribution in [2.24, 2.45) is 5.73 Å². The maximum Gasteiger partial charge on any atom is 0.254 e. The number of nitrogens with two attached hydrogens (primary N) is 1. The van der Waals surface area contributed by atoms with Gasteiger partial charge in [-0.2, -0.15) is 0 Å². The monoisotopic (exact) mass is 328 g/mol. The van der Waals surface area contributed by atoms with Gasteiger partial charge in [-0.1, -0.05) is 28.1 Å². The molecule has 0 aliphatic heterocycles. The Bertz CT molecular complexity index is 474. The van der Waals surface area contributed by atoms with Crippen LogP contribution in [0, 0.1) is 6.92 Å². The topological polar surface area (TPSA) is 46.3 Å². The van der Waals surface area contributed by atoms with Crippen molar-refractivity contribution >= 4 is 39.0 Å². The van der Waals surface area contributed by atoms with Gasteiger partial charge in [0.15, 0.2) is 0 Å². The highest BCUT2D eigenvalue weighted by Crippen LogP contribution is 2.18. The second-order valence-corrected chi connectivity index (χ2v) is 5.89. The van der Waals surface area contributed by atoms with Gasteiger partial charge in [0.1, 0.15) is 0 Å². The molecule has 0 heterocycles. The molecule has 0 radical (unpaired) electrons. The molecule has 0 saturated heterocycles. The molecule has 2 N–H and O–H groups in total. The van der Waals surface area contributed by atoms with Gasteiger partial charge in [-0.25, -0.2) is 0 Å². The summed E-state index contributed by atoms with van der Waals surface area (Å²) in [5.41, 5.74) is 7.16. The van der Waals surface area contributed by atoms with Crippen LogP contribution in [0.2, 0.25) is 0 Å². The Balaban J connectivity index is 3.05. The smallest absolute Gasteiger partial charge is 0.254 e. The maximum absolute atomic E-state index is 12.4. The molecule has 5 heteroatoms. The van der Waals surface area contributed by atoms with E-state index in [1.54, 1.807) is 4.90 Å². The normalized spacial score (nSPS) is 10.5. The fourth-order valence-corrected chi connectivity index (χ4v) is 2.29. The SMILES string of the molecule is Cc1cc(Br)ccc1C(=O)N(CC(N)=S)C(C)C. The second kappa shape index (κ2) is 6.29. The summed E-state index contributed by atoms with van der Waals surface area (Å²) >= 11 is 8.28. The van der Waals surface area contributed by atoms with E-state index in [1.807, 2.05) is 39.0 Å². The number of benzene rings is 1. The molecule has 0 fully saturated rings. The van der Waals surface area contributed by atoms with E-state index in [0.29, 0.717) is 17.1 Å². The highest BCUT2D eigenvalue weighted by Gasteiger charge is 2.20. The van der Waals surface area contributed by atoms with Crippen LogP contribution in [0.4, 0.5) is 0 Å². The first-order chi connectivity index (χ1) is 8.32. The number of amides is 1. The number of hydrogen-bond donors (Lipinski definition) is 1. The van der Waals surface area contributed by atoms with Gasteiger partial charge in [0.05, 0.1) is 11.5 Å². The third-order valence-corrected chi connectivity index (χ3v) is 3.25. The van der Waals surface area contributed by atoms with Crippen molar-refractivity contribution in [2.45, 2.75) is 26.8 Å². The molecule has 0 saturated carbocycles. The molecule has 98 valence electrons. The molecule has 1 amide bonds. The number of nitrogens with zero attached hydrogens (tertiary/aromatic N) is 1. The fourth-order valence-electron chi connectivity index (χ4n) is 1.68. The molecule has 1 aromatic rings. The average molecular weight is 329 g/mol. The van der Waals surface area contributed by atoms with E-state index in [9.17, 15) is 4.79 Å². The summed E-state index contributed by atoms with van der Waals surface area (Å²) in [6, 6.07) is 5.66. The summed E-state index contributed by atoms with van der Waals surface area (Å²) in [5.74, 6) is -0.0391. The van der Waals surface area contributed by atoms with Crippen LogP contribution < -0.4 is 5.73 Å². The van der Waals surface area contributed by atoms with Gasteiger partial charge in [-0.15, -0.1) is 0 Å². The number of carbonyl (C=O) groups excluding carboxylic acids is 1. The van der Waals surface area contributed by atoms with Crippen molar-refractivity contribution < 1.29 is 4.79 Å². The molecule has 0 unspecified atom stereocenters. The Labute approximate surface area is 121 Å². The quantitative estimate of drug-likeness (QED) is 0.864. The van der Waals surface area contributed by atoms with Gasteiger partial charge in [0.25, 0.3) is 5.91 Å². The van der Waals surface area contributed by atoms with E-state index in [0.717, 1.165) is 10.0 Å². The molecule has 0 atom stereocenters. The molecular weight excluding hydrogens is 312 g/mol. The van der Waals surface area contributed by atoms with Crippen LogP contribution in [0.15, 0.2) is 22.7 Å². The van der Waals surface area contributed by atoms with Crippen LogP contribution in [-0.2, 0) is 0 Å². The molecule has 0 bridgehead atoms. The van der Waals surface area contributed by atoms with Crippen LogP contribution in [-0.4, -0.2) is 28.4 Å². The zero-order valence-corrected chi connectivity index (χ0v) is 13.1. The molecular formula is C13H17BrN2OS. The zero-order chi connectivity index (χ0) is 13.9. The lowest BCUT2D eigenvalue weighted by molar-refractivity contribution is 0.0735. The maximum atomic E-state index is 12.4. The summed E-state index contributed by atoms with van der Waals surface area (Å²) in [6.45, 7) is 6.12. The Morgan fingerprint density at radius 1 is 1.50 bits per heavy atom. The van der Waals surface area contributed by atoms with Gasteiger partial charge in [-0.05, 0) is 44.5 Å². The van der Waals surface area contributed by atoms with Gasteiger partial charge < -0.3 is 10.6 Å². The molecule has 1 rings (SSSR count). The number of hydrogen-bond acceptors (Lipinski definition) is 2. The van der Waals surface area contributed by atoms with Gasteiger partial charge in [0.2, 0.25) is 0 Å². The van der Waals surface area contributed by atoms with Crippen LogP contribution in [0.5, 0.6) is 0 Å². The third-order valence-electron chi connectivity index (χ3n) is 2.63. The number of carbonyl (C=O) groups is 1. The first-order valence-electron chi connectivity index (χ1n) is 5.68. The number of aryl methyl sites for hydroxylation is 1. The molecule has 0 aromatic heterocycles. The predicted molar refractivity (Wildman–Crippen MR) is 81.8 cm³/mol. The van der Waals surface area contributed by atoms with E-state index in [2.05, 4.69) is 15.9 Å². The third kappa shape index (κ3) is 3.78. The zero-order valence-electron chi connectivity index (χ0n) is 10.7. The Kier molecular flexibility index (Phi) is 5.28. The van der Waals surface area contributed by atoms with E-state index in [1.165, 1.54) is 0 Å². The van der Waals surface area contributed by atoms with Crippen molar-refractivity contribution in [1.82, 2.24) is 4.90 Å². The number of halogens is 1. The Morgan fingerprint density at radius 2 is 2.11 bits per heavy atom. The summed E-state index contributed by atoms with van der Waals surface area (Å²) in [7, 11) is 0. The Morgan fingerprint density at radius 3 is 2.56 bits per heavy atom. The van der Waals surface area contributed by atoms with Crippen molar-refractivity contribution in [2.75, 3.05) is 6.54 Å². The van der Waals surface area contributed by atoms with Gasteiger partial charge >= 0.3 is 0 Å². The lowest BCUT2D eigenvalue weighted by atomic mass is 10.1. The van der Waals surface area contributed by atoms with E-state index >= 15 is 0 Å². The standard InChI is InChI=1S/C13H17BrN2OS/c1-8(2)16(7-12(15)18)13(17)11-5-4-10(14)6-9(11)3/h4-6,8H,7H2,1-3H3,(H2,15,18). The van der Waals surface area contributed by atoms with Crippen molar-refractivity contribution in [3.8, 4) is 0 Å². The van der Waals surface area contributed by atoms with Crippen molar-refractivity contribution in [3.63, 3.8) is 0 Å². The minimum Gasteiger partial charge on any atom is -0.392 e. The van der Waals surface area contributed by atoms with E-state index < -0.39 is 0 Å². The van der Waals surface area contributed by atoms with Gasteiger partial charge in [0, 0.05) is 16.1 Å². The second-order valence-electron chi connectivity index (χ2n) is 4.45. The minimum absolute atomic E-state index is 0.0391. The molecule has 18 heavy (non-hydrogen) atoms. The molecule has 0 spiro atoms. The first kappa shape index (κ1) is 15.1. The van der Waals surface area contributed by atoms with Crippen molar-refractivity contribution in [1.29, 1.82) is 0 Å². The van der Waals surface area contributed by atoms with Gasteiger partial charge in [-0.3, -0.25) is 4.79 Å². The summed E-state index contributed by atoms with van der Waals surface area (Å²) < 4.78 is 0.960. The van der Waals surface area contributed by atoms with Crippen LogP contribution in [0.1, 0.15) is 29.8 Å². The lowest BCUT2D eigenvalue weighted by Gasteiger charge is -2.27. The lowest BCUT2D eigenvalue weighted by Crippen LogP contribution is -2.42. The summed E-state index contributed by atoms with van der Waals surface area (Å²) in [6.07, 6.45) is 0. The highest BCUT2D eigenvalue weighted by molar-refractivity contribution is 9.10. The molecule has 0 aliphatic carbocycles. The number of thiocarbonyl (C=S) groups is 1. The highest BCUT2D eigenvalue weighted by atomic mass is 79.9. The van der Waals surface area contributed by atoms with E-state index in [-0.39, 0.29) is 11.9 Å². The molecule has 0 aliphatic rings. The fraction of sp³-hybridized carbons (Fsp3) is 0.385. The minimum atomic E-state index is -0.0391. The number of rotatable bonds is 4. The Hall–Kier alpha value is -0.940. The van der Waals surface area contributed by atoms with Crippen molar-refractivity contribution in [3.05, 3.63) is 33.8 Å². The predicted octanol–water partition coefficient (Wildman–Crippen LogP) is 2.89. The molecule has 3 nitrogen and oxygen atoms in total. The first-order valence-corrected chi connectivity index (χ1v) is 6.88.